The van der Waals surface area contributed by atoms with Crippen LogP contribution in [-0.4, -0.2) is 117 Å². The second-order valence-corrected chi connectivity index (χ2v) is 12.9. The fraction of sp³-hybridized carbons (Fsp3) is 0.441. The van der Waals surface area contributed by atoms with Crippen molar-refractivity contribution in [2.45, 2.75) is 62.1 Å². The molecule has 3 aliphatic rings. The number of fused-ring (bicyclic) bond motifs is 5. The first-order chi connectivity index (χ1) is 24.1. The fourth-order valence-electron chi connectivity index (χ4n) is 7.99. The van der Waals surface area contributed by atoms with Crippen LogP contribution in [0.15, 0.2) is 23.4 Å². The van der Waals surface area contributed by atoms with Crippen molar-refractivity contribution < 1.29 is 69.1 Å². The van der Waals surface area contributed by atoms with E-state index in [9.17, 15) is 55.0 Å². The third-order valence-corrected chi connectivity index (χ3v) is 10.4. The minimum atomic E-state index is -3.23. The van der Waals surface area contributed by atoms with Crippen molar-refractivity contribution in [3.8, 4) is 17.2 Å². The first kappa shape index (κ1) is 36.1. The van der Waals surface area contributed by atoms with Gasteiger partial charge in [-0.15, -0.1) is 4.91 Å². The zero-order chi connectivity index (χ0) is 37.5. The number of ether oxygens (including phenoxy) is 4. The van der Waals surface area contributed by atoms with Crippen LogP contribution in [-0.2, 0) is 31.0 Å². The molecule has 51 heavy (non-hydrogen) atoms. The van der Waals surface area contributed by atoms with Gasteiger partial charge in [0.15, 0.2) is 11.2 Å². The minimum Gasteiger partial charge on any atom is -0.507 e. The number of hydrogen-bond donors (Lipinski definition) is 8. The van der Waals surface area contributed by atoms with Gasteiger partial charge in [-0.25, -0.2) is 4.79 Å². The molecule has 0 bridgehead atoms. The largest absolute Gasteiger partial charge is 0.507 e. The average Bonchev–Trinajstić information content (AvgIpc) is 3.08. The number of anilines is 1. The number of nitroso groups, excluding NO2 is 1. The maximum Gasteiger partial charge on any atom is 0.341 e. The van der Waals surface area contributed by atoms with Gasteiger partial charge in [0.2, 0.25) is 11.6 Å². The number of carbonyl (C=O) groups excluding carboxylic acids is 3. The van der Waals surface area contributed by atoms with Gasteiger partial charge in [-0.2, -0.15) is 0 Å². The first-order valence-electron chi connectivity index (χ1n) is 15.7. The summed E-state index contributed by atoms with van der Waals surface area (Å²) in [6.45, 7) is 2.45. The van der Waals surface area contributed by atoms with Crippen LogP contribution in [0.5, 0.6) is 17.2 Å². The number of aryl methyl sites for hydroxylation is 1. The molecule has 6 rings (SSSR count). The monoisotopic (exact) mass is 712 g/mol. The molecule has 272 valence electrons. The molecule has 0 aromatic heterocycles. The molecule has 1 heterocycles. The molecule has 3 aromatic rings. The lowest BCUT2D eigenvalue weighted by Gasteiger charge is -2.52. The number of Topliss-reactive ketones (excluding diaryl/α,β-unsaturated/α-hetero) is 2. The Labute approximate surface area is 288 Å². The highest BCUT2D eigenvalue weighted by Crippen LogP contribution is 2.58. The molecule has 0 spiro atoms. The number of phenols is 3. The van der Waals surface area contributed by atoms with E-state index >= 15 is 0 Å². The van der Waals surface area contributed by atoms with Gasteiger partial charge >= 0.3 is 5.97 Å². The lowest BCUT2D eigenvalue weighted by atomic mass is 9.57. The molecule has 0 radical (unpaired) electrons. The third kappa shape index (κ3) is 4.63. The van der Waals surface area contributed by atoms with E-state index in [0.717, 1.165) is 26.4 Å². The normalized spacial score (nSPS) is 30.0. The van der Waals surface area contributed by atoms with Gasteiger partial charge in [-0.3, -0.25) is 9.59 Å². The highest BCUT2D eigenvalue weighted by atomic mass is 16.6. The number of hydrogen-bond acceptors (Lipinski definition) is 17. The number of aliphatic hydroxyl groups excluding tert-OH is 3. The van der Waals surface area contributed by atoms with E-state index in [1.807, 2.05) is 0 Å². The number of nitrogens with zero attached hydrogens (tertiary/aromatic N) is 1. The summed E-state index contributed by atoms with van der Waals surface area (Å²) in [6.07, 6.45) is -6.37. The van der Waals surface area contributed by atoms with Crippen LogP contribution in [0.2, 0.25) is 0 Å². The Hall–Kier alpha value is -4.75. The first-order valence-corrected chi connectivity index (χ1v) is 15.7. The number of nitrogens with one attached hydrogen (secondary N) is 1. The molecular formula is C34H36N2O15. The Morgan fingerprint density at radius 2 is 1.75 bits per heavy atom. The molecule has 3 aromatic carbocycles. The summed E-state index contributed by atoms with van der Waals surface area (Å²) < 4.78 is 21.5. The van der Waals surface area contributed by atoms with E-state index in [1.165, 1.54) is 20.1 Å². The summed E-state index contributed by atoms with van der Waals surface area (Å²) in [5.41, 5.74) is -9.32. The van der Waals surface area contributed by atoms with Gasteiger partial charge in [-0.05, 0) is 42.3 Å². The van der Waals surface area contributed by atoms with Crippen molar-refractivity contribution in [2.24, 2.45) is 11.1 Å². The number of aromatic hydroxyl groups is 3. The van der Waals surface area contributed by atoms with Crippen molar-refractivity contribution in [1.82, 2.24) is 0 Å². The second-order valence-electron chi connectivity index (χ2n) is 12.9. The minimum absolute atomic E-state index is 0.00485. The number of methoxy groups -OCH3 is 3. The number of rotatable bonds is 7. The van der Waals surface area contributed by atoms with E-state index in [1.54, 1.807) is 6.92 Å². The highest BCUT2D eigenvalue weighted by molar-refractivity contribution is 6.27. The van der Waals surface area contributed by atoms with Crippen molar-refractivity contribution in [1.29, 1.82) is 0 Å². The molecule has 17 nitrogen and oxygen atoms in total. The van der Waals surface area contributed by atoms with Gasteiger partial charge in [0.1, 0.15) is 40.8 Å². The van der Waals surface area contributed by atoms with Crippen LogP contribution in [0.3, 0.4) is 0 Å². The van der Waals surface area contributed by atoms with Gasteiger partial charge in [0, 0.05) is 37.2 Å². The zero-order valence-corrected chi connectivity index (χ0v) is 28.0. The molecular weight excluding hydrogens is 676 g/mol. The van der Waals surface area contributed by atoms with E-state index in [4.69, 9.17) is 18.9 Å². The SMILES string of the molecule is COC(=O)c1c(C)cc2c(c1O)[C@]1(O)C(=O)c3cc4c(O)c(N[C@H]5O[C@@H](C)[C@H](OC)[C@@H](O)[C@H]5CO)cc(N=O)c4c(O)c3C(=O)[C@]1(OC)[C@H](O)C2. The summed E-state index contributed by atoms with van der Waals surface area (Å²) in [5, 5.41) is 84.2. The number of carbonyl (C=O) groups is 3. The van der Waals surface area contributed by atoms with E-state index in [-0.39, 0.29) is 16.8 Å². The molecule has 2 aliphatic carbocycles. The summed E-state index contributed by atoms with van der Waals surface area (Å²) in [7, 11) is 3.31. The lowest BCUT2D eigenvalue weighted by Crippen LogP contribution is -2.73. The topological polar surface area (TPSA) is 271 Å². The molecule has 8 atom stereocenters. The van der Waals surface area contributed by atoms with Gasteiger partial charge in [0.05, 0.1) is 54.6 Å². The van der Waals surface area contributed by atoms with Crippen LogP contribution in [0, 0.1) is 17.7 Å². The summed E-state index contributed by atoms with van der Waals surface area (Å²) in [4.78, 5) is 54.0. The van der Waals surface area contributed by atoms with Crippen LogP contribution in [0.1, 0.15) is 54.7 Å². The number of aliphatic hydroxyl groups is 4. The molecule has 0 saturated carbocycles. The lowest BCUT2D eigenvalue weighted by molar-refractivity contribution is -0.201. The number of ketones is 2. The molecule has 1 fully saturated rings. The average molecular weight is 713 g/mol. The molecule has 17 heteroatoms. The van der Waals surface area contributed by atoms with Crippen LogP contribution in [0.25, 0.3) is 10.8 Å². The number of esters is 1. The Balaban J connectivity index is 1.60. The van der Waals surface area contributed by atoms with E-state index in [2.05, 4.69) is 10.5 Å². The molecule has 1 saturated heterocycles. The Morgan fingerprint density at radius 3 is 2.33 bits per heavy atom. The standard InChI is InChI=1S/C34H36N2O15/c1-11-6-13-7-19(38)34(50-5)30(44)22-15(29(43)33(34,46)23(13)27(42)20(11)32(45)49-4)8-14-21(26(22)41)17(36-47)9-18(24(14)39)35-31-16(10-37)25(40)28(48-3)12(2)51-31/h6,8-9,12,16,19,25,28,31,35,37-42,46H,7,10H2,1-5H3/t12-,16+,19+,25-,28-,31-,33-,34+/m0/s1. The van der Waals surface area contributed by atoms with Crippen molar-refractivity contribution in [3.63, 3.8) is 0 Å². The van der Waals surface area contributed by atoms with Gasteiger partial charge in [0.25, 0.3) is 0 Å². The Kier molecular flexibility index (Phi) is 8.82. The van der Waals surface area contributed by atoms with E-state index in [0.29, 0.717) is 0 Å². The van der Waals surface area contributed by atoms with Crippen molar-refractivity contribution in [3.05, 3.63) is 56.5 Å². The summed E-state index contributed by atoms with van der Waals surface area (Å²) >= 11 is 0. The van der Waals surface area contributed by atoms with Crippen LogP contribution >= 0.6 is 0 Å². The third-order valence-electron chi connectivity index (χ3n) is 10.4. The molecule has 0 unspecified atom stereocenters. The Morgan fingerprint density at radius 1 is 1.06 bits per heavy atom. The predicted octanol–water partition coefficient (Wildman–Crippen LogP) is 1.16. The zero-order valence-electron chi connectivity index (χ0n) is 28.0. The Bertz CT molecular complexity index is 2020. The van der Waals surface area contributed by atoms with E-state index < -0.39 is 134 Å². The maximum absolute atomic E-state index is 14.7. The predicted molar refractivity (Wildman–Crippen MR) is 174 cm³/mol. The van der Waals surface area contributed by atoms with Crippen molar-refractivity contribution in [2.75, 3.05) is 33.3 Å². The second kappa shape index (κ2) is 12.5. The van der Waals surface area contributed by atoms with Gasteiger partial charge in [-0.1, -0.05) is 6.07 Å². The molecule has 1 aliphatic heterocycles. The number of phenolic OH excluding ortho intramolecular Hbond substituents is 3. The molecule has 8 N–H and O–H groups in total. The fourth-order valence-corrected chi connectivity index (χ4v) is 7.99. The number of benzene rings is 3. The van der Waals surface area contributed by atoms with Crippen molar-refractivity contribution >= 4 is 39.7 Å². The van der Waals surface area contributed by atoms with Crippen LogP contribution < -0.4 is 5.32 Å². The summed E-state index contributed by atoms with van der Waals surface area (Å²) in [5.74, 6) is -7.40. The quantitative estimate of drug-likeness (QED) is 0.0970. The highest BCUT2D eigenvalue weighted by Gasteiger charge is 2.72. The van der Waals surface area contributed by atoms with Gasteiger partial charge < -0.3 is 60.0 Å². The van der Waals surface area contributed by atoms with Crippen LogP contribution in [0.4, 0.5) is 11.4 Å². The maximum atomic E-state index is 14.7. The summed E-state index contributed by atoms with van der Waals surface area (Å²) in [6, 6.07) is 3.25. The smallest absolute Gasteiger partial charge is 0.341 e. The molecule has 0 amide bonds.